The second-order valence-electron chi connectivity index (χ2n) is 7.07. The van der Waals surface area contributed by atoms with E-state index in [-0.39, 0.29) is 17.6 Å². The Morgan fingerprint density at radius 1 is 1.07 bits per heavy atom. The molecular formula is C22H23NO4. The van der Waals surface area contributed by atoms with Crippen molar-refractivity contribution in [1.82, 2.24) is 4.90 Å². The summed E-state index contributed by atoms with van der Waals surface area (Å²) < 4.78 is 11.0. The van der Waals surface area contributed by atoms with Gasteiger partial charge in [0.15, 0.2) is 17.3 Å². The predicted octanol–water partition coefficient (Wildman–Crippen LogP) is 3.46. The van der Waals surface area contributed by atoms with Crippen molar-refractivity contribution >= 4 is 11.7 Å². The van der Waals surface area contributed by atoms with Gasteiger partial charge in [0.2, 0.25) is 0 Å². The Morgan fingerprint density at radius 3 is 2.67 bits per heavy atom. The molecule has 5 nitrogen and oxygen atoms in total. The maximum atomic E-state index is 13.1. The monoisotopic (exact) mass is 365 g/mol. The quantitative estimate of drug-likeness (QED) is 0.833. The SMILES string of the molecule is COc1cccc(C2CCN(C(=O)c3cccc4c3CCC4=O)C2)c1OC. The first-order chi connectivity index (χ1) is 13.1. The number of likely N-dealkylation sites (tertiary alicyclic amines) is 1. The van der Waals surface area contributed by atoms with Gasteiger partial charge in [-0.05, 0) is 30.5 Å². The van der Waals surface area contributed by atoms with E-state index in [9.17, 15) is 9.59 Å². The van der Waals surface area contributed by atoms with E-state index in [0.29, 0.717) is 42.8 Å². The van der Waals surface area contributed by atoms with Gasteiger partial charge in [0.05, 0.1) is 14.2 Å². The Kier molecular flexibility index (Phi) is 4.60. The third-order valence-corrected chi connectivity index (χ3v) is 5.66. The average Bonchev–Trinajstić information content (AvgIpc) is 3.34. The number of methoxy groups -OCH3 is 2. The number of carbonyl (C=O) groups is 2. The summed E-state index contributed by atoms with van der Waals surface area (Å²) in [6.07, 6.45) is 2.05. The molecule has 0 saturated carbocycles. The van der Waals surface area contributed by atoms with Crippen molar-refractivity contribution in [3.63, 3.8) is 0 Å². The topological polar surface area (TPSA) is 55.8 Å². The normalized spacial score (nSPS) is 18.5. The highest BCUT2D eigenvalue weighted by Gasteiger charge is 2.33. The third-order valence-electron chi connectivity index (χ3n) is 5.66. The molecule has 1 aliphatic heterocycles. The molecule has 5 heteroatoms. The first kappa shape index (κ1) is 17.6. The van der Waals surface area contributed by atoms with Crippen molar-refractivity contribution in [2.45, 2.75) is 25.2 Å². The average molecular weight is 365 g/mol. The molecular weight excluding hydrogens is 342 g/mol. The maximum absolute atomic E-state index is 13.1. The number of ketones is 1. The highest BCUT2D eigenvalue weighted by Crippen LogP contribution is 2.39. The van der Waals surface area contributed by atoms with E-state index >= 15 is 0 Å². The number of rotatable bonds is 4. The van der Waals surface area contributed by atoms with E-state index < -0.39 is 0 Å². The van der Waals surface area contributed by atoms with Gasteiger partial charge >= 0.3 is 0 Å². The third kappa shape index (κ3) is 2.97. The summed E-state index contributed by atoms with van der Waals surface area (Å²) >= 11 is 0. The van der Waals surface area contributed by atoms with Crippen LogP contribution >= 0.6 is 0 Å². The molecule has 1 unspecified atom stereocenters. The number of fused-ring (bicyclic) bond motifs is 1. The van der Waals surface area contributed by atoms with E-state index in [1.165, 1.54) is 0 Å². The zero-order valence-corrected chi connectivity index (χ0v) is 15.7. The summed E-state index contributed by atoms with van der Waals surface area (Å²) in [7, 11) is 3.27. The predicted molar refractivity (Wildman–Crippen MR) is 102 cm³/mol. The van der Waals surface area contributed by atoms with E-state index in [1.807, 2.05) is 41.3 Å². The molecule has 0 aromatic heterocycles. The number of benzene rings is 2. The van der Waals surface area contributed by atoms with Crippen LogP contribution in [-0.2, 0) is 6.42 Å². The van der Waals surface area contributed by atoms with E-state index in [2.05, 4.69) is 0 Å². The largest absolute Gasteiger partial charge is 0.493 e. The summed E-state index contributed by atoms with van der Waals surface area (Å²) in [5, 5.41) is 0. The number of para-hydroxylation sites is 1. The highest BCUT2D eigenvalue weighted by atomic mass is 16.5. The molecule has 1 fully saturated rings. The van der Waals surface area contributed by atoms with Crippen LogP contribution in [0.5, 0.6) is 11.5 Å². The van der Waals surface area contributed by atoms with Crippen molar-refractivity contribution in [1.29, 1.82) is 0 Å². The van der Waals surface area contributed by atoms with Gasteiger partial charge < -0.3 is 14.4 Å². The molecule has 1 saturated heterocycles. The van der Waals surface area contributed by atoms with Gasteiger partial charge in [0, 0.05) is 42.1 Å². The summed E-state index contributed by atoms with van der Waals surface area (Å²) in [6, 6.07) is 11.4. The Morgan fingerprint density at radius 2 is 1.89 bits per heavy atom. The van der Waals surface area contributed by atoms with E-state index in [1.54, 1.807) is 14.2 Å². The van der Waals surface area contributed by atoms with E-state index in [4.69, 9.17) is 9.47 Å². The van der Waals surface area contributed by atoms with Gasteiger partial charge in [-0.15, -0.1) is 0 Å². The minimum absolute atomic E-state index is 0.0194. The molecule has 1 heterocycles. The molecule has 0 spiro atoms. The van der Waals surface area contributed by atoms with Gasteiger partial charge in [-0.1, -0.05) is 24.3 Å². The number of Topliss-reactive ketones (excluding diaryl/α,β-unsaturated/α-hetero) is 1. The van der Waals surface area contributed by atoms with Crippen LogP contribution < -0.4 is 9.47 Å². The van der Waals surface area contributed by atoms with Gasteiger partial charge in [0.25, 0.3) is 5.91 Å². The Hall–Kier alpha value is -2.82. The number of hydrogen-bond acceptors (Lipinski definition) is 4. The first-order valence-corrected chi connectivity index (χ1v) is 9.29. The van der Waals surface area contributed by atoms with Crippen LogP contribution in [0.25, 0.3) is 0 Å². The fourth-order valence-corrected chi connectivity index (χ4v) is 4.29. The van der Waals surface area contributed by atoms with Crippen LogP contribution in [0.2, 0.25) is 0 Å². The molecule has 4 rings (SSSR count). The molecule has 1 atom stereocenters. The summed E-state index contributed by atoms with van der Waals surface area (Å²) in [6.45, 7) is 1.33. The molecule has 0 N–H and O–H groups in total. The fraction of sp³-hybridized carbons (Fsp3) is 0.364. The molecule has 140 valence electrons. The lowest BCUT2D eigenvalue weighted by atomic mass is 9.97. The molecule has 0 radical (unpaired) electrons. The number of nitrogens with zero attached hydrogens (tertiary/aromatic N) is 1. The zero-order valence-electron chi connectivity index (χ0n) is 15.7. The van der Waals surface area contributed by atoms with Crippen LogP contribution in [0.4, 0.5) is 0 Å². The Labute approximate surface area is 158 Å². The molecule has 0 bridgehead atoms. The van der Waals surface area contributed by atoms with Crippen molar-refractivity contribution in [2.75, 3.05) is 27.3 Å². The van der Waals surface area contributed by atoms with Crippen LogP contribution in [0.15, 0.2) is 36.4 Å². The lowest BCUT2D eigenvalue weighted by Gasteiger charge is -2.20. The lowest BCUT2D eigenvalue weighted by molar-refractivity contribution is 0.0789. The zero-order chi connectivity index (χ0) is 19.0. The summed E-state index contributed by atoms with van der Waals surface area (Å²) in [4.78, 5) is 27.0. The standard InChI is InChI=1S/C22H23NO4/c1-26-20-8-4-5-15(21(20)27-2)14-11-12-23(13-14)22(25)18-7-3-6-17-16(18)9-10-19(17)24/h3-8,14H,9-13H2,1-2H3. The van der Waals surface area contributed by atoms with E-state index in [0.717, 1.165) is 23.3 Å². The van der Waals surface area contributed by atoms with Crippen molar-refractivity contribution in [3.8, 4) is 11.5 Å². The lowest BCUT2D eigenvalue weighted by Crippen LogP contribution is -2.29. The fourth-order valence-electron chi connectivity index (χ4n) is 4.29. The second-order valence-corrected chi connectivity index (χ2v) is 7.07. The van der Waals surface area contributed by atoms with Crippen molar-refractivity contribution in [2.24, 2.45) is 0 Å². The molecule has 27 heavy (non-hydrogen) atoms. The van der Waals surface area contributed by atoms with Gasteiger partial charge in [-0.25, -0.2) is 0 Å². The number of carbonyl (C=O) groups excluding carboxylic acids is 2. The minimum Gasteiger partial charge on any atom is -0.493 e. The van der Waals surface area contributed by atoms with Gasteiger partial charge in [-0.2, -0.15) is 0 Å². The smallest absolute Gasteiger partial charge is 0.254 e. The maximum Gasteiger partial charge on any atom is 0.254 e. The van der Waals surface area contributed by atoms with Gasteiger partial charge in [-0.3, -0.25) is 9.59 Å². The molecule has 2 aromatic carbocycles. The second kappa shape index (κ2) is 7.06. The Bertz CT molecular complexity index is 905. The first-order valence-electron chi connectivity index (χ1n) is 9.29. The molecule has 2 aliphatic rings. The summed E-state index contributed by atoms with van der Waals surface area (Å²) in [5.74, 6) is 1.81. The van der Waals surface area contributed by atoms with Crippen molar-refractivity contribution < 1.29 is 19.1 Å². The van der Waals surface area contributed by atoms with Gasteiger partial charge in [0.1, 0.15) is 0 Å². The van der Waals surface area contributed by atoms with Crippen LogP contribution in [0.1, 0.15) is 50.6 Å². The van der Waals surface area contributed by atoms with Crippen LogP contribution in [-0.4, -0.2) is 43.9 Å². The number of ether oxygens (including phenoxy) is 2. The highest BCUT2D eigenvalue weighted by molar-refractivity contribution is 6.05. The van der Waals surface area contributed by atoms with Crippen molar-refractivity contribution in [3.05, 3.63) is 58.7 Å². The molecule has 2 aromatic rings. The molecule has 1 amide bonds. The Balaban J connectivity index is 1.58. The number of amides is 1. The molecule has 1 aliphatic carbocycles. The number of hydrogen-bond donors (Lipinski definition) is 0. The minimum atomic E-state index is 0.0194. The van der Waals surface area contributed by atoms with Crippen LogP contribution in [0.3, 0.4) is 0 Å². The van der Waals surface area contributed by atoms with Crippen LogP contribution in [0, 0.1) is 0 Å². The summed E-state index contributed by atoms with van der Waals surface area (Å²) in [5.41, 5.74) is 3.37.